The van der Waals surface area contributed by atoms with Gasteiger partial charge in [0, 0.05) is 6.54 Å². The number of amides is 2. The molecule has 1 aliphatic carbocycles. The molecule has 2 aromatic carbocycles. The van der Waals surface area contributed by atoms with Gasteiger partial charge in [-0.25, -0.2) is 4.79 Å². The van der Waals surface area contributed by atoms with E-state index in [0.717, 1.165) is 31.2 Å². The Kier molecular flexibility index (Phi) is 9.43. The molecule has 1 heterocycles. The first kappa shape index (κ1) is 26.9. The second-order valence-corrected chi connectivity index (χ2v) is 9.20. The van der Waals surface area contributed by atoms with Crippen molar-refractivity contribution in [3.8, 4) is 0 Å². The first-order valence-electron chi connectivity index (χ1n) is 12.0. The van der Waals surface area contributed by atoms with Gasteiger partial charge in [-0.15, -0.1) is 12.4 Å². The van der Waals surface area contributed by atoms with Crippen molar-refractivity contribution in [2.75, 3.05) is 33.9 Å². The fourth-order valence-electron chi connectivity index (χ4n) is 4.53. The van der Waals surface area contributed by atoms with E-state index >= 15 is 0 Å². The van der Waals surface area contributed by atoms with E-state index in [9.17, 15) is 14.4 Å². The molecule has 1 aliphatic heterocycles. The predicted octanol–water partition coefficient (Wildman–Crippen LogP) is 4.51. The van der Waals surface area contributed by atoms with Crippen molar-refractivity contribution in [1.29, 1.82) is 0 Å². The Morgan fingerprint density at radius 1 is 1.00 bits per heavy atom. The highest BCUT2D eigenvalue weighted by Gasteiger charge is 2.41. The lowest BCUT2D eigenvalue weighted by atomic mass is 9.97. The van der Waals surface area contributed by atoms with E-state index in [0.29, 0.717) is 12.1 Å². The summed E-state index contributed by atoms with van der Waals surface area (Å²) in [6.45, 7) is 1.09. The van der Waals surface area contributed by atoms with Crippen molar-refractivity contribution in [2.24, 2.45) is 0 Å². The van der Waals surface area contributed by atoms with Crippen LogP contribution in [-0.4, -0.2) is 67.5 Å². The molecule has 0 spiro atoms. The molecule has 2 aliphatic rings. The maximum absolute atomic E-state index is 13.4. The zero-order valence-corrected chi connectivity index (χ0v) is 21.1. The monoisotopic (exact) mass is 500 g/mol. The molecule has 0 saturated heterocycles. The summed E-state index contributed by atoms with van der Waals surface area (Å²) in [5.74, 6) is -1.29. The Hall–Kier alpha value is -2.74. The van der Waals surface area contributed by atoms with Crippen molar-refractivity contribution >= 4 is 30.2 Å². The molecular weight excluding hydrogens is 468 g/mol. The SMILES string of the molecule is CN(C)CCOC(=O)c1ccc2c(c1)C(=O)N([C@H](COC1CCCCC1)c1ccccc1)C2=O.Cl. The fourth-order valence-corrected chi connectivity index (χ4v) is 4.53. The minimum Gasteiger partial charge on any atom is -0.461 e. The number of imide groups is 1. The molecule has 0 aromatic heterocycles. The number of carbonyl (C=O) groups is 3. The molecule has 2 amide bonds. The van der Waals surface area contributed by atoms with E-state index in [1.807, 2.05) is 49.3 Å². The van der Waals surface area contributed by atoms with Crippen LogP contribution in [0, 0.1) is 0 Å². The molecular formula is C27H33ClN2O5. The van der Waals surface area contributed by atoms with E-state index in [1.54, 1.807) is 12.1 Å². The first-order valence-corrected chi connectivity index (χ1v) is 12.0. The molecule has 0 N–H and O–H groups in total. The lowest BCUT2D eigenvalue weighted by molar-refractivity contribution is -0.00386. The largest absolute Gasteiger partial charge is 0.461 e. The minimum absolute atomic E-state index is 0. The van der Waals surface area contributed by atoms with Crippen LogP contribution in [0.15, 0.2) is 48.5 Å². The van der Waals surface area contributed by atoms with Gasteiger partial charge >= 0.3 is 5.97 Å². The predicted molar refractivity (Wildman–Crippen MR) is 135 cm³/mol. The van der Waals surface area contributed by atoms with Gasteiger partial charge < -0.3 is 14.4 Å². The molecule has 1 saturated carbocycles. The molecule has 35 heavy (non-hydrogen) atoms. The van der Waals surface area contributed by atoms with Crippen LogP contribution in [0.1, 0.15) is 74.8 Å². The van der Waals surface area contributed by atoms with Gasteiger partial charge in [0.2, 0.25) is 0 Å². The minimum atomic E-state index is -0.536. The second kappa shape index (κ2) is 12.3. The van der Waals surface area contributed by atoms with Gasteiger partial charge in [-0.1, -0.05) is 49.6 Å². The number of fused-ring (bicyclic) bond motifs is 1. The average Bonchev–Trinajstić information content (AvgIpc) is 3.10. The third kappa shape index (κ3) is 6.28. The summed E-state index contributed by atoms with van der Waals surface area (Å²) in [5.41, 5.74) is 1.63. The van der Waals surface area contributed by atoms with Gasteiger partial charge in [-0.2, -0.15) is 0 Å². The van der Waals surface area contributed by atoms with E-state index < -0.39 is 17.9 Å². The second-order valence-electron chi connectivity index (χ2n) is 9.20. The van der Waals surface area contributed by atoms with Gasteiger partial charge in [0.15, 0.2) is 0 Å². The number of ether oxygens (including phenoxy) is 2. The van der Waals surface area contributed by atoms with Crippen LogP contribution < -0.4 is 0 Å². The summed E-state index contributed by atoms with van der Waals surface area (Å²) >= 11 is 0. The van der Waals surface area contributed by atoms with Crippen LogP contribution >= 0.6 is 12.4 Å². The zero-order valence-electron chi connectivity index (χ0n) is 20.3. The maximum atomic E-state index is 13.4. The van der Waals surface area contributed by atoms with Crippen molar-refractivity contribution < 1.29 is 23.9 Å². The summed E-state index contributed by atoms with van der Waals surface area (Å²) in [7, 11) is 3.78. The quantitative estimate of drug-likeness (QED) is 0.372. The molecule has 2 aromatic rings. The molecule has 1 atom stereocenters. The molecule has 0 bridgehead atoms. The molecule has 0 unspecified atom stereocenters. The topological polar surface area (TPSA) is 76.2 Å². The number of benzene rings is 2. The molecule has 1 fully saturated rings. The van der Waals surface area contributed by atoms with Gasteiger partial charge in [-0.05, 0) is 50.7 Å². The molecule has 188 valence electrons. The van der Waals surface area contributed by atoms with Crippen molar-refractivity contribution in [3.05, 3.63) is 70.8 Å². The molecule has 8 heteroatoms. The maximum Gasteiger partial charge on any atom is 0.338 e. The van der Waals surface area contributed by atoms with E-state index in [2.05, 4.69) is 0 Å². The Bertz CT molecular complexity index is 1040. The molecule has 7 nitrogen and oxygen atoms in total. The third-order valence-electron chi connectivity index (χ3n) is 6.46. The van der Waals surface area contributed by atoms with Crippen LogP contribution in [0.25, 0.3) is 0 Å². The number of likely N-dealkylation sites (N-methyl/N-ethyl adjacent to an activating group) is 1. The van der Waals surface area contributed by atoms with Gasteiger partial charge in [0.25, 0.3) is 11.8 Å². The van der Waals surface area contributed by atoms with Crippen LogP contribution in [0.4, 0.5) is 0 Å². The highest BCUT2D eigenvalue weighted by atomic mass is 35.5. The number of nitrogens with zero attached hydrogens (tertiary/aromatic N) is 2. The lowest BCUT2D eigenvalue weighted by Gasteiger charge is -2.30. The number of carbonyl (C=O) groups excluding carboxylic acids is 3. The number of rotatable bonds is 9. The van der Waals surface area contributed by atoms with E-state index in [4.69, 9.17) is 9.47 Å². The van der Waals surface area contributed by atoms with Gasteiger partial charge in [0.1, 0.15) is 6.61 Å². The Morgan fingerprint density at radius 3 is 2.37 bits per heavy atom. The van der Waals surface area contributed by atoms with Crippen LogP contribution in [0.3, 0.4) is 0 Å². The highest BCUT2D eigenvalue weighted by Crippen LogP contribution is 2.33. The third-order valence-corrected chi connectivity index (χ3v) is 6.46. The van der Waals surface area contributed by atoms with Gasteiger partial charge in [-0.3, -0.25) is 14.5 Å². The standard InChI is InChI=1S/C27H32N2O5.ClH/c1-28(2)15-16-33-27(32)20-13-14-22-23(17-20)26(31)29(25(22)30)24(19-9-5-3-6-10-19)18-34-21-11-7-4-8-12-21;/h3,5-6,9-10,13-14,17,21,24H,4,7-8,11-12,15-16,18H2,1-2H3;1H/t24-;/m1./s1. The van der Waals surface area contributed by atoms with Crippen LogP contribution in [0.5, 0.6) is 0 Å². The normalized spacial score (nSPS) is 16.7. The Balaban J connectivity index is 0.00000342. The molecule has 4 rings (SSSR count). The summed E-state index contributed by atoms with van der Waals surface area (Å²) in [4.78, 5) is 42.4. The van der Waals surface area contributed by atoms with Gasteiger partial charge in [0.05, 0.1) is 35.4 Å². The highest BCUT2D eigenvalue weighted by molar-refractivity contribution is 6.22. The number of hydrogen-bond donors (Lipinski definition) is 0. The number of hydrogen-bond acceptors (Lipinski definition) is 6. The van der Waals surface area contributed by atoms with E-state index in [-0.39, 0.29) is 48.8 Å². The number of esters is 1. The first-order chi connectivity index (χ1) is 16.5. The average molecular weight is 501 g/mol. The van der Waals surface area contributed by atoms with Crippen molar-refractivity contribution in [2.45, 2.75) is 44.2 Å². The zero-order chi connectivity index (χ0) is 24.1. The fraction of sp³-hybridized carbons (Fsp3) is 0.444. The number of halogens is 1. The van der Waals surface area contributed by atoms with Crippen LogP contribution in [0.2, 0.25) is 0 Å². The summed E-state index contributed by atoms with van der Waals surface area (Å²) in [5, 5.41) is 0. The van der Waals surface area contributed by atoms with E-state index in [1.165, 1.54) is 17.4 Å². The summed E-state index contributed by atoms with van der Waals surface area (Å²) in [6, 6.07) is 13.5. The smallest absolute Gasteiger partial charge is 0.338 e. The van der Waals surface area contributed by atoms with Crippen molar-refractivity contribution in [3.63, 3.8) is 0 Å². The molecule has 0 radical (unpaired) electrons. The van der Waals surface area contributed by atoms with Crippen molar-refractivity contribution in [1.82, 2.24) is 9.80 Å². The van der Waals surface area contributed by atoms with Crippen LogP contribution in [-0.2, 0) is 9.47 Å². The summed E-state index contributed by atoms with van der Waals surface area (Å²) < 4.78 is 11.5. The summed E-state index contributed by atoms with van der Waals surface area (Å²) in [6.07, 6.45) is 5.66. The Labute approximate surface area is 212 Å². The lowest BCUT2D eigenvalue weighted by Crippen LogP contribution is -2.37. The Morgan fingerprint density at radius 2 is 1.69 bits per heavy atom.